The first-order valence-electron chi connectivity index (χ1n) is 6.09. The van der Waals surface area contributed by atoms with Crippen LogP contribution in [0.15, 0.2) is 36.8 Å². The number of fused-ring (bicyclic) bond motifs is 1. The van der Waals surface area contributed by atoms with Crippen LogP contribution < -0.4 is 5.73 Å². The Morgan fingerprint density at radius 2 is 1.74 bits per heavy atom. The summed E-state index contributed by atoms with van der Waals surface area (Å²) in [6.45, 7) is 3.97. The molecule has 3 aromatic heterocycles. The van der Waals surface area contributed by atoms with Crippen LogP contribution in [0, 0.1) is 13.8 Å². The fraction of sp³-hybridized carbons (Fsp3) is 0.133. The lowest BCUT2D eigenvalue weighted by molar-refractivity contribution is 1.18. The van der Waals surface area contributed by atoms with Gasteiger partial charge in [-0.05, 0) is 37.4 Å². The SMILES string of the molecule is Cc1cc2c(-c3ccc(N)cn3)cnc(C)c2cn1. The fourth-order valence-electron chi connectivity index (χ4n) is 2.14. The van der Waals surface area contributed by atoms with E-state index < -0.39 is 0 Å². The number of hydrogen-bond acceptors (Lipinski definition) is 4. The predicted molar refractivity (Wildman–Crippen MR) is 76.7 cm³/mol. The molecule has 19 heavy (non-hydrogen) atoms. The summed E-state index contributed by atoms with van der Waals surface area (Å²) in [6, 6.07) is 5.83. The van der Waals surface area contributed by atoms with Crippen molar-refractivity contribution in [1.82, 2.24) is 15.0 Å². The van der Waals surface area contributed by atoms with Crippen LogP contribution in [0.2, 0.25) is 0 Å². The summed E-state index contributed by atoms with van der Waals surface area (Å²) < 4.78 is 0. The average molecular weight is 250 g/mol. The van der Waals surface area contributed by atoms with Gasteiger partial charge < -0.3 is 5.73 Å². The number of nitrogens with two attached hydrogens (primary N) is 1. The zero-order valence-electron chi connectivity index (χ0n) is 10.9. The molecular formula is C15H14N4. The number of nitrogens with zero attached hydrogens (tertiary/aromatic N) is 3. The number of pyridine rings is 3. The molecule has 0 radical (unpaired) electrons. The van der Waals surface area contributed by atoms with Crippen LogP contribution in [0.5, 0.6) is 0 Å². The third-order valence-electron chi connectivity index (χ3n) is 3.17. The molecule has 4 heteroatoms. The molecule has 0 atom stereocenters. The zero-order chi connectivity index (χ0) is 13.4. The Kier molecular flexibility index (Phi) is 2.63. The molecule has 0 aliphatic heterocycles. The Hall–Kier alpha value is -2.49. The third-order valence-corrected chi connectivity index (χ3v) is 3.17. The van der Waals surface area contributed by atoms with Gasteiger partial charge in [0.2, 0.25) is 0 Å². The van der Waals surface area contributed by atoms with Crippen molar-refractivity contribution < 1.29 is 0 Å². The zero-order valence-corrected chi connectivity index (χ0v) is 10.9. The second kappa shape index (κ2) is 4.31. The smallest absolute Gasteiger partial charge is 0.0725 e. The minimum Gasteiger partial charge on any atom is -0.397 e. The topological polar surface area (TPSA) is 64.7 Å². The first-order valence-corrected chi connectivity index (χ1v) is 6.09. The van der Waals surface area contributed by atoms with Crippen LogP contribution in [0.1, 0.15) is 11.4 Å². The molecule has 0 spiro atoms. The molecule has 4 nitrogen and oxygen atoms in total. The largest absolute Gasteiger partial charge is 0.397 e. The summed E-state index contributed by atoms with van der Waals surface area (Å²) in [4.78, 5) is 13.1. The molecule has 3 rings (SSSR count). The number of hydrogen-bond donors (Lipinski definition) is 1. The van der Waals surface area contributed by atoms with Gasteiger partial charge in [0.25, 0.3) is 0 Å². The molecule has 2 N–H and O–H groups in total. The molecule has 0 amide bonds. The highest BCUT2D eigenvalue weighted by Gasteiger charge is 2.08. The number of nitrogen functional groups attached to an aromatic ring is 1. The maximum absolute atomic E-state index is 5.68. The van der Waals surface area contributed by atoms with Crippen LogP contribution in [-0.2, 0) is 0 Å². The molecule has 0 bridgehead atoms. The van der Waals surface area contributed by atoms with E-state index >= 15 is 0 Å². The summed E-state index contributed by atoms with van der Waals surface area (Å²) in [5, 5.41) is 2.18. The number of anilines is 1. The lowest BCUT2D eigenvalue weighted by Gasteiger charge is -2.08. The Morgan fingerprint density at radius 3 is 2.47 bits per heavy atom. The summed E-state index contributed by atoms with van der Waals surface area (Å²) in [5.74, 6) is 0. The molecule has 3 aromatic rings. The molecule has 0 aliphatic carbocycles. The maximum atomic E-state index is 5.68. The molecule has 94 valence electrons. The lowest BCUT2D eigenvalue weighted by Crippen LogP contribution is -1.93. The Morgan fingerprint density at radius 1 is 0.895 bits per heavy atom. The molecule has 3 heterocycles. The minimum absolute atomic E-state index is 0.658. The van der Waals surface area contributed by atoms with Crippen molar-refractivity contribution >= 4 is 16.5 Å². The number of aryl methyl sites for hydroxylation is 2. The molecular weight excluding hydrogens is 236 g/mol. The van der Waals surface area contributed by atoms with E-state index in [4.69, 9.17) is 5.73 Å². The van der Waals surface area contributed by atoms with E-state index in [2.05, 4.69) is 21.0 Å². The van der Waals surface area contributed by atoms with Crippen molar-refractivity contribution in [2.45, 2.75) is 13.8 Å². The fourth-order valence-corrected chi connectivity index (χ4v) is 2.14. The first-order chi connectivity index (χ1) is 9.15. The van der Waals surface area contributed by atoms with Crippen molar-refractivity contribution in [3.63, 3.8) is 0 Å². The van der Waals surface area contributed by atoms with Gasteiger partial charge in [0.05, 0.1) is 17.6 Å². The van der Waals surface area contributed by atoms with E-state index in [9.17, 15) is 0 Å². The number of rotatable bonds is 1. The monoisotopic (exact) mass is 250 g/mol. The second-order valence-electron chi connectivity index (χ2n) is 4.61. The van der Waals surface area contributed by atoms with Crippen molar-refractivity contribution in [2.75, 3.05) is 5.73 Å². The van der Waals surface area contributed by atoms with Crippen molar-refractivity contribution in [1.29, 1.82) is 0 Å². The van der Waals surface area contributed by atoms with Gasteiger partial charge in [0, 0.05) is 34.7 Å². The Balaban J connectivity index is 2.32. The third kappa shape index (κ3) is 2.01. The van der Waals surface area contributed by atoms with E-state index in [0.717, 1.165) is 33.4 Å². The van der Waals surface area contributed by atoms with Gasteiger partial charge in [-0.2, -0.15) is 0 Å². The van der Waals surface area contributed by atoms with Gasteiger partial charge in [-0.15, -0.1) is 0 Å². The van der Waals surface area contributed by atoms with Crippen LogP contribution in [0.25, 0.3) is 22.0 Å². The van der Waals surface area contributed by atoms with Gasteiger partial charge in [-0.25, -0.2) is 0 Å². The van der Waals surface area contributed by atoms with Gasteiger partial charge in [0.1, 0.15) is 0 Å². The van der Waals surface area contributed by atoms with E-state index in [1.807, 2.05) is 38.4 Å². The van der Waals surface area contributed by atoms with E-state index in [1.165, 1.54) is 0 Å². The molecule has 0 fully saturated rings. The average Bonchev–Trinajstić information content (AvgIpc) is 2.40. The standard InChI is InChI=1S/C15H14N4/c1-9-5-12-13(7-17-9)10(2)18-8-14(12)15-4-3-11(16)6-19-15/h3-8H,16H2,1-2H3. The predicted octanol–water partition coefficient (Wildman–Crippen LogP) is 2.89. The van der Waals surface area contributed by atoms with Gasteiger partial charge >= 0.3 is 0 Å². The van der Waals surface area contributed by atoms with Crippen molar-refractivity contribution in [2.24, 2.45) is 0 Å². The van der Waals surface area contributed by atoms with Crippen LogP contribution in [0.4, 0.5) is 5.69 Å². The molecule has 0 aliphatic rings. The second-order valence-corrected chi connectivity index (χ2v) is 4.61. The van der Waals surface area contributed by atoms with Gasteiger partial charge in [0.15, 0.2) is 0 Å². The Labute approximate surface area is 111 Å². The van der Waals surface area contributed by atoms with E-state index in [-0.39, 0.29) is 0 Å². The highest BCUT2D eigenvalue weighted by Crippen LogP contribution is 2.28. The normalized spacial score (nSPS) is 10.8. The van der Waals surface area contributed by atoms with E-state index in [1.54, 1.807) is 6.20 Å². The van der Waals surface area contributed by atoms with Crippen LogP contribution in [0.3, 0.4) is 0 Å². The summed E-state index contributed by atoms with van der Waals surface area (Å²) in [7, 11) is 0. The van der Waals surface area contributed by atoms with Crippen molar-refractivity contribution in [3.05, 3.63) is 48.2 Å². The first kappa shape index (κ1) is 11.6. The van der Waals surface area contributed by atoms with E-state index in [0.29, 0.717) is 5.69 Å². The van der Waals surface area contributed by atoms with Gasteiger partial charge in [-0.1, -0.05) is 0 Å². The summed E-state index contributed by atoms with van der Waals surface area (Å²) >= 11 is 0. The van der Waals surface area contributed by atoms with Crippen LogP contribution >= 0.6 is 0 Å². The molecule has 0 saturated carbocycles. The quantitative estimate of drug-likeness (QED) is 0.721. The summed E-state index contributed by atoms with van der Waals surface area (Å²) in [6.07, 6.45) is 5.39. The maximum Gasteiger partial charge on any atom is 0.0725 e. The Bertz CT molecular complexity index is 748. The summed E-state index contributed by atoms with van der Waals surface area (Å²) in [5.41, 5.74) is 10.2. The molecule has 0 aromatic carbocycles. The van der Waals surface area contributed by atoms with Gasteiger partial charge in [-0.3, -0.25) is 15.0 Å². The molecule has 0 unspecified atom stereocenters. The highest BCUT2D eigenvalue weighted by atomic mass is 14.7. The molecule has 0 saturated heterocycles. The highest BCUT2D eigenvalue weighted by molar-refractivity contribution is 5.96. The lowest BCUT2D eigenvalue weighted by atomic mass is 10.0. The van der Waals surface area contributed by atoms with Crippen molar-refractivity contribution in [3.8, 4) is 11.3 Å². The van der Waals surface area contributed by atoms with Crippen LogP contribution in [-0.4, -0.2) is 15.0 Å². The minimum atomic E-state index is 0.658. The number of aromatic nitrogens is 3.